The molecule has 2 aromatic rings. The molecule has 0 aliphatic carbocycles. The van der Waals surface area contributed by atoms with Crippen LogP contribution < -0.4 is 0 Å². The van der Waals surface area contributed by atoms with Gasteiger partial charge in [0, 0.05) is 5.56 Å². The number of hydrogen-bond donors (Lipinski definition) is 0. The van der Waals surface area contributed by atoms with Crippen LogP contribution in [0.5, 0.6) is 0 Å². The van der Waals surface area contributed by atoms with Gasteiger partial charge in [-0.1, -0.05) is 42.5 Å². The maximum Gasteiger partial charge on any atom is 0.247 e. The first kappa shape index (κ1) is 12.7. The topological polar surface area (TPSA) is 54.2 Å². The van der Waals surface area contributed by atoms with Crippen molar-refractivity contribution in [2.24, 2.45) is 0 Å². The Morgan fingerprint density at radius 2 is 1.76 bits per heavy atom. The van der Waals surface area contributed by atoms with Gasteiger partial charge in [0.2, 0.25) is 10.0 Å². The Labute approximate surface area is 120 Å². The molecule has 0 bridgehead atoms. The van der Waals surface area contributed by atoms with E-state index in [4.69, 9.17) is 0 Å². The molecule has 2 aliphatic rings. The van der Waals surface area contributed by atoms with Gasteiger partial charge in [0.25, 0.3) is 0 Å². The quantitative estimate of drug-likeness (QED) is 0.631. The molecule has 106 valence electrons. The summed E-state index contributed by atoms with van der Waals surface area (Å²) in [6.45, 7) is 0. The van der Waals surface area contributed by atoms with Crippen LogP contribution in [-0.4, -0.2) is 24.5 Å². The molecule has 0 amide bonds. The predicted molar refractivity (Wildman–Crippen MR) is 72.7 cm³/mol. The zero-order valence-electron chi connectivity index (χ0n) is 10.7. The van der Waals surface area contributed by atoms with E-state index in [2.05, 4.69) is 0 Å². The third-order valence-electron chi connectivity index (χ3n) is 3.94. The van der Waals surface area contributed by atoms with Gasteiger partial charge in [-0.3, -0.25) is 4.79 Å². The standard InChI is InChI=1S/C15H10FNO3S/c16-11-8-4-7-10-12-13(17(12)21(19,20)15(10)11)14(18)9-5-2-1-3-6-9/h1-8,12-13H/t12-,13+,17?/m0/s1. The molecule has 0 spiro atoms. The second-order valence-electron chi connectivity index (χ2n) is 5.11. The highest BCUT2D eigenvalue weighted by Gasteiger charge is 2.66. The number of fused-ring (bicyclic) bond motifs is 3. The average molecular weight is 303 g/mol. The van der Waals surface area contributed by atoms with E-state index >= 15 is 0 Å². The number of Topliss-reactive ketones (excluding diaryl/α,β-unsaturated/α-hetero) is 1. The lowest BCUT2D eigenvalue weighted by Gasteiger charge is -2.07. The predicted octanol–water partition coefficient (Wildman–Crippen LogP) is 2.14. The summed E-state index contributed by atoms with van der Waals surface area (Å²) in [6, 6.07) is 11.4. The third kappa shape index (κ3) is 1.57. The maximum absolute atomic E-state index is 13.7. The van der Waals surface area contributed by atoms with Crippen LogP contribution in [0.1, 0.15) is 22.0 Å². The summed E-state index contributed by atoms with van der Waals surface area (Å²) in [7, 11) is -3.91. The van der Waals surface area contributed by atoms with Gasteiger partial charge in [-0.15, -0.1) is 0 Å². The van der Waals surface area contributed by atoms with E-state index in [1.807, 2.05) is 0 Å². The van der Waals surface area contributed by atoms with E-state index in [1.54, 1.807) is 36.4 Å². The SMILES string of the molecule is O=C(c1ccccc1)[C@H]1[C@@H]2c3cccc(F)c3S(=O)(=O)N12. The smallest absolute Gasteiger partial charge is 0.247 e. The highest BCUT2D eigenvalue weighted by molar-refractivity contribution is 7.89. The minimum absolute atomic E-state index is 0.251. The zero-order chi connectivity index (χ0) is 14.8. The summed E-state index contributed by atoms with van der Waals surface area (Å²) >= 11 is 0. The lowest BCUT2D eigenvalue weighted by molar-refractivity contribution is 0.0980. The molecule has 3 atom stereocenters. The summed E-state index contributed by atoms with van der Waals surface area (Å²) in [4.78, 5) is 12.1. The molecule has 4 nitrogen and oxygen atoms in total. The van der Waals surface area contributed by atoms with Gasteiger partial charge < -0.3 is 0 Å². The van der Waals surface area contributed by atoms with E-state index < -0.39 is 27.9 Å². The summed E-state index contributed by atoms with van der Waals surface area (Å²) < 4.78 is 39.5. The Morgan fingerprint density at radius 3 is 2.48 bits per heavy atom. The molecule has 1 unspecified atom stereocenters. The van der Waals surface area contributed by atoms with Crippen molar-refractivity contribution in [3.8, 4) is 0 Å². The minimum atomic E-state index is -3.91. The molecule has 2 aromatic carbocycles. The number of rotatable bonds is 2. The molecular weight excluding hydrogens is 293 g/mol. The Bertz CT molecular complexity index is 864. The molecule has 0 radical (unpaired) electrons. The molecule has 21 heavy (non-hydrogen) atoms. The second-order valence-corrected chi connectivity index (χ2v) is 6.89. The van der Waals surface area contributed by atoms with Gasteiger partial charge in [-0.2, -0.15) is 4.31 Å². The van der Waals surface area contributed by atoms with Gasteiger partial charge in [0.05, 0.1) is 6.04 Å². The normalized spacial score (nSPS) is 27.8. The van der Waals surface area contributed by atoms with Crippen molar-refractivity contribution in [2.75, 3.05) is 0 Å². The van der Waals surface area contributed by atoms with Crippen molar-refractivity contribution in [2.45, 2.75) is 17.0 Å². The van der Waals surface area contributed by atoms with E-state index in [-0.39, 0.29) is 10.7 Å². The van der Waals surface area contributed by atoms with Gasteiger partial charge in [-0.25, -0.2) is 12.8 Å². The van der Waals surface area contributed by atoms with Crippen molar-refractivity contribution in [3.63, 3.8) is 0 Å². The molecule has 0 saturated carbocycles. The molecule has 4 rings (SSSR count). The number of ketones is 1. The number of sulfonamides is 1. The van der Waals surface area contributed by atoms with E-state index in [0.717, 1.165) is 10.4 Å². The van der Waals surface area contributed by atoms with Crippen LogP contribution in [0.4, 0.5) is 4.39 Å². The number of carbonyl (C=O) groups excluding carboxylic acids is 1. The van der Waals surface area contributed by atoms with Crippen LogP contribution in [0, 0.1) is 5.82 Å². The van der Waals surface area contributed by atoms with E-state index in [9.17, 15) is 17.6 Å². The summed E-state index contributed by atoms with van der Waals surface area (Å²) in [5.74, 6) is -1.01. The number of carbonyl (C=O) groups is 1. The lowest BCUT2D eigenvalue weighted by Crippen LogP contribution is -2.21. The highest BCUT2D eigenvalue weighted by atomic mass is 32.2. The third-order valence-corrected chi connectivity index (χ3v) is 5.89. The fourth-order valence-electron chi connectivity index (χ4n) is 2.99. The Morgan fingerprint density at radius 1 is 1.05 bits per heavy atom. The first-order chi connectivity index (χ1) is 10.0. The number of halogens is 1. The Kier molecular flexibility index (Phi) is 2.41. The van der Waals surface area contributed by atoms with Gasteiger partial charge in [-0.05, 0) is 11.6 Å². The van der Waals surface area contributed by atoms with Crippen molar-refractivity contribution < 1.29 is 17.6 Å². The van der Waals surface area contributed by atoms with Gasteiger partial charge in [0.15, 0.2) is 5.78 Å². The summed E-state index contributed by atoms with van der Waals surface area (Å²) in [5, 5.41) is 0. The first-order valence-electron chi connectivity index (χ1n) is 6.44. The van der Waals surface area contributed by atoms with Crippen molar-refractivity contribution >= 4 is 15.8 Å². The van der Waals surface area contributed by atoms with Crippen LogP contribution in [0.25, 0.3) is 0 Å². The molecule has 1 fully saturated rings. The average Bonchev–Trinajstić information content (AvgIpc) is 3.17. The number of benzene rings is 2. The molecule has 6 heteroatoms. The second kappa shape index (κ2) is 3.99. The Balaban J connectivity index is 1.79. The largest absolute Gasteiger partial charge is 0.292 e. The Hall–Kier alpha value is -2.05. The highest BCUT2D eigenvalue weighted by Crippen LogP contribution is 2.56. The van der Waals surface area contributed by atoms with Crippen molar-refractivity contribution in [1.82, 2.24) is 4.31 Å². The molecule has 0 aromatic heterocycles. The minimum Gasteiger partial charge on any atom is -0.292 e. The van der Waals surface area contributed by atoms with Crippen LogP contribution in [0.3, 0.4) is 0 Å². The first-order valence-corrected chi connectivity index (χ1v) is 7.88. The number of hydrogen-bond acceptors (Lipinski definition) is 3. The molecule has 2 heterocycles. The molecule has 1 saturated heterocycles. The summed E-state index contributed by atoms with van der Waals surface area (Å²) in [6.07, 6.45) is 0. The molecule has 0 N–H and O–H groups in total. The van der Waals surface area contributed by atoms with E-state index in [1.165, 1.54) is 6.07 Å². The van der Waals surface area contributed by atoms with Crippen molar-refractivity contribution in [1.29, 1.82) is 0 Å². The lowest BCUT2D eigenvalue weighted by atomic mass is 10.0. The molecule has 2 aliphatic heterocycles. The van der Waals surface area contributed by atoms with Crippen molar-refractivity contribution in [3.05, 3.63) is 65.5 Å². The number of nitrogens with zero attached hydrogens (tertiary/aromatic N) is 1. The van der Waals surface area contributed by atoms with Crippen LogP contribution in [0.15, 0.2) is 53.4 Å². The van der Waals surface area contributed by atoms with Gasteiger partial charge >= 0.3 is 0 Å². The van der Waals surface area contributed by atoms with Crippen LogP contribution in [-0.2, 0) is 10.0 Å². The molecular formula is C15H10FNO3S. The van der Waals surface area contributed by atoms with E-state index in [0.29, 0.717) is 11.1 Å². The zero-order valence-corrected chi connectivity index (χ0v) is 11.5. The fraction of sp³-hybridized carbons (Fsp3) is 0.133. The monoisotopic (exact) mass is 303 g/mol. The van der Waals surface area contributed by atoms with Crippen LogP contribution >= 0.6 is 0 Å². The fourth-order valence-corrected chi connectivity index (χ4v) is 4.98. The van der Waals surface area contributed by atoms with Gasteiger partial charge in [0.1, 0.15) is 16.8 Å². The summed E-state index contributed by atoms with van der Waals surface area (Å²) in [5.41, 5.74) is 0.842. The van der Waals surface area contributed by atoms with Crippen LogP contribution in [0.2, 0.25) is 0 Å². The maximum atomic E-state index is 13.7.